The van der Waals surface area contributed by atoms with Crippen molar-refractivity contribution in [1.82, 2.24) is 0 Å². The van der Waals surface area contributed by atoms with Crippen LogP contribution in [0.1, 0.15) is 28.6 Å². The molecule has 0 fully saturated rings. The summed E-state index contributed by atoms with van der Waals surface area (Å²) in [4.78, 5) is 12.4. The third-order valence-electron chi connectivity index (χ3n) is 3.69. The standard InChI is InChI=1S/C18H16O4/c1-2-11-8-14(17(21)10-15(11)19)16(20)9-13-7-12-5-3-4-6-18(12)22-13/h3-8,10,19,21H,2,9H2,1H3. The summed E-state index contributed by atoms with van der Waals surface area (Å²) in [5, 5.41) is 20.5. The Morgan fingerprint density at radius 1 is 1.09 bits per heavy atom. The Kier molecular flexibility index (Phi) is 3.59. The smallest absolute Gasteiger partial charge is 0.174 e. The summed E-state index contributed by atoms with van der Waals surface area (Å²) >= 11 is 0. The summed E-state index contributed by atoms with van der Waals surface area (Å²) in [5.74, 6) is 0.0964. The van der Waals surface area contributed by atoms with Crippen molar-refractivity contribution >= 4 is 16.8 Å². The Labute approximate surface area is 127 Å². The van der Waals surface area contributed by atoms with Crippen LogP contribution in [0.4, 0.5) is 0 Å². The Balaban J connectivity index is 1.91. The van der Waals surface area contributed by atoms with Crippen molar-refractivity contribution in [3.8, 4) is 11.5 Å². The largest absolute Gasteiger partial charge is 0.508 e. The van der Waals surface area contributed by atoms with Gasteiger partial charge in [0.25, 0.3) is 0 Å². The number of benzene rings is 2. The number of Topliss-reactive ketones (excluding diaryl/α,β-unsaturated/α-hetero) is 1. The molecule has 1 aromatic heterocycles. The number of para-hydroxylation sites is 1. The van der Waals surface area contributed by atoms with E-state index in [2.05, 4.69) is 0 Å². The Morgan fingerprint density at radius 2 is 1.86 bits per heavy atom. The van der Waals surface area contributed by atoms with Crippen molar-refractivity contribution in [3.63, 3.8) is 0 Å². The van der Waals surface area contributed by atoms with Crippen LogP contribution in [-0.2, 0) is 12.8 Å². The summed E-state index contributed by atoms with van der Waals surface area (Å²) in [7, 11) is 0. The number of carbonyl (C=O) groups is 1. The number of ketones is 1. The summed E-state index contributed by atoms with van der Waals surface area (Å²) in [6.07, 6.45) is 0.646. The van der Waals surface area contributed by atoms with E-state index in [-0.39, 0.29) is 29.3 Å². The fourth-order valence-corrected chi connectivity index (χ4v) is 2.51. The van der Waals surface area contributed by atoms with Gasteiger partial charge in [0, 0.05) is 11.5 Å². The van der Waals surface area contributed by atoms with Gasteiger partial charge in [-0.2, -0.15) is 0 Å². The fraction of sp³-hybridized carbons (Fsp3) is 0.167. The van der Waals surface area contributed by atoms with E-state index >= 15 is 0 Å². The van der Waals surface area contributed by atoms with Gasteiger partial charge in [-0.25, -0.2) is 0 Å². The molecule has 2 aromatic carbocycles. The highest BCUT2D eigenvalue weighted by molar-refractivity contribution is 6.00. The highest BCUT2D eigenvalue weighted by Gasteiger charge is 2.17. The molecule has 0 spiro atoms. The van der Waals surface area contributed by atoms with Crippen molar-refractivity contribution < 1.29 is 19.4 Å². The highest BCUT2D eigenvalue weighted by atomic mass is 16.3. The number of hydrogen-bond acceptors (Lipinski definition) is 4. The van der Waals surface area contributed by atoms with E-state index in [0.717, 1.165) is 11.0 Å². The number of phenols is 2. The van der Waals surface area contributed by atoms with E-state index in [9.17, 15) is 15.0 Å². The molecule has 0 radical (unpaired) electrons. The van der Waals surface area contributed by atoms with E-state index < -0.39 is 0 Å². The minimum absolute atomic E-state index is 0.000266. The molecule has 22 heavy (non-hydrogen) atoms. The first-order chi connectivity index (χ1) is 10.6. The molecule has 0 unspecified atom stereocenters. The monoisotopic (exact) mass is 296 g/mol. The van der Waals surface area contributed by atoms with Gasteiger partial charge in [0.05, 0.1) is 12.0 Å². The molecule has 4 heteroatoms. The summed E-state index contributed by atoms with van der Waals surface area (Å²) in [5.41, 5.74) is 1.57. The van der Waals surface area contributed by atoms with Crippen molar-refractivity contribution in [1.29, 1.82) is 0 Å². The van der Waals surface area contributed by atoms with Crippen LogP contribution >= 0.6 is 0 Å². The minimum atomic E-state index is -0.244. The molecule has 0 atom stereocenters. The molecule has 112 valence electrons. The summed E-state index contributed by atoms with van der Waals surface area (Å²) in [6, 6.07) is 12.1. The lowest BCUT2D eigenvalue weighted by Crippen LogP contribution is -2.04. The number of carbonyl (C=O) groups excluding carboxylic acids is 1. The third kappa shape index (κ3) is 2.55. The Hall–Kier alpha value is -2.75. The van der Waals surface area contributed by atoms with Gasteiger partial charge in [-0.1, -0.05) is 25.1 Å². The number of furan rings is 1. The molecule has 0 saturated carbocycles. The maximum atomic E-state index is 12.4. The van der Waals surface area contributed by atoms with Crippen LogP contribution in [-0.4, -0.2) is 16.0 Å². The van der Waals surface area contributed by atoms with Gasteiger partial charge >= 0.3 is 0 Å². The van der Waals surface area contributed by atoms with Gasteiger partial charge in [-0.05, 0) is 30.2 Å². The van der Waals surface area contributed by atoms with Gasteiger partial charge < -0.3 is 14.6 Å². The van der Waals surface area contributed by atoms with Crippen LogP contribution in [0.25, 0.3) is 11.0 Å². The van der Waals surface area contributed by atoms with Crippen LogP contribution < -0.4 is 0 Å². The molecule has 0 amide bonds. The first-order valence-corrected chi connectivity index (χ1v) is 7.14. The molecular formula is C18H16O4. The van der Waals surface area contributed by atoms with Crippen LogP contribution in [0.15, 0.2) is 46.9 Å². The summed E-state index contributed by atoms with van der Waals surface area (Å²) < 4.78 is 5.63. The number of rotatable bonds is 4. The predicted molar refractivity (Wildman–Crippen MR) is 83.4 cm³/mol. The maximum Gasteiger partial charge on any atom is 0.174 e. The second-order valence-corrected chi connectivity index (χ2v) is 5.20. The Morgan fingerprint density at radius 3 is 2.59 bits per heavy atom. The zero-order valence-electron chi connectivity index (χ0n) is 12.2. The van der Waals surface area contributed by atoms with Crippen molar-refractivity contribution in [3.05, 3.63) is 59.4 Å². The topological polar surface area (TPSA) is 70.7 Å². The van der Waals surface area contributed by atoms with Gasteiger partial charge in [0.2, 0.25) is 0 Å². The van der Waals surface area contributed by atoms with Gasteiger partial charge in [-0.3, -0.25) is 4.79 Å². The van der Waals surface area contributed by atoms with Crippen molar-refractivity contribution in [2.24, 2.45) is 0 Å². The van der Waals surface area contributed by atoms with Gasteiger partial charge in [-0.15, -0.1) is 0 Å². The SMILES string of the molecule is CCc1cc(C(=O)Cc2cc3ccccc3o2)c(O)cc1O. The maximum absolute atomic E-state index is 12.4. The van der Waals surface area contributed by atoms with Gasteiger partial charge in [0.15, 0.2) is 5.78 Å². The molecule has 0 aliphatic rings. The Bertz CT molecular complexity index is 812. The molecule has 0 aliphatic carbocycles. The van der Waals surface area contributed by atoms with E-state index in [1.807, 2.05) is 37.3 Å². The number of aromatic hydroxyl groups is 2. The quantitative estimate of drug-likeness (QED) is 0.718. The van der Waals surface area contributed by atoms with Crippen LogP contribution in [0.3, 0.4) is 0 Å². The number of phenolic OH excluding ortho intramolecular Hbond substituents is 2. The minimum Gasteiger partial charge on any atom is -0.508 e. The average Bonchev–Trinajstić information content (AvgIpc) is 2.89. The van der Waals surface area contributed by atoms with Crippen LogP contribution in [0, 0.1) is 0 Å². The molecular weight excluding hydrogens is 280 g/mol. The first-order valence-electron chi connectivity index (χ1n) is 7.14. The fourth-order valence-electron chi connectivity index (χ4n) is 2.51. The van der Waals surface area contributed by atoms with Crippen molar-refractivity contribution in [2.75, 3.05) is 0 Å². The van der Waals surface area contributed by atoms with E-state index in [1.165, 1.54) is 12.1 Å². The average molecular weight is 296 g/mol. The normalized spacial score (nSPS) is 11.0. The second-order valence-electron chi connectivity index (χ2n) is 5.20. The molecule has 3 rings (SSSR count). The lowest BCUT2D eigenvalue weighted by Gasteiger charge is -2.07. The van der Waals surface area contributed by atoms with Crippen molar-refractivity contribution in [2.45, 2.75) is 19.8 Å². The molecule has 3 aromatic rings. The molecule has 4 nitrogen and oxygen atoms in total. The van der Waals surface area contributed by atoms with Gasteiger partial charge in [0.1, 0.15) is 22.8 Å². The van der Waals surface area contributed by atoms with E-state index in [4.69, 9.17) is 4.42 Å². The molecule has 1 heterocycles. The highest BCUT2D eigenvalue weighted by Crippen LogP contribution is 2.29. The zero-order valence-corrected chi connectivity index (χ0v) is 12.2. The second kappa shape index (κ2) is 5.56. The molecule has 2 N–H and O–H groups in total. The molecule has 0 saturated heterocycles. The first kappa shape index (κ1) is 14.2. The number of hydrogen-bond donors (Lipinski definition) is 2. The van der Waals surface area contributed by atoms with Crippen LogP contribution in [0.5, 0.6) is 11.5 Å². The van der Waals surface area contributed by atoms with E-state index in [0.29, 0.717) is 17.7 Å². The third-order valence-corrected chi connectivity index (χ3v) is 3.69. The lowest BCUT2D eigenvalue weighted by atomic mass is 10.0. The van der Waals surface area contributed by atoms with Crippen LogP contribution in [0.2, 0.25) is 0 Å². The summed E-state index contributed by atoms with van der Waals surface area (Å²) in [6.45, 7) is 1.87. The molecule has 0 bridgehead atoms. The predicted octanol–water partition coefficient (Wildman–Crippen LogP) is 3.83. The zero-order chi connectivity index (χ0) is 15.7. The molecule has 0 aliphatic heterocycles. The van der Waals surface area contributed by atoms with E-state index in [1.54, 1.807) is 0 Å². The number of fused-ring (bicyclic) bond motifs is 1. The number of aryl methyl sites for hydroxylation is 1. The lowest BCUT2D eigenvalue weighted by molar-refractivity contribution is 0.0985.